The van der Waals surface area contributed by atoms with Crippen LogP contribution in [0, 0.1) is 0 Å². The highest BCUT2D eigenvalue weighted by molar-refractivity contribution is 6.42. The SMILES string of the molecule is CC.CNC(=O)C(=O)c1cc(=O)c(O)cn1O. The molecule has 0 bridgehead atoms. The highest BCUT2D eigenvalue weighted by Crippen LogP contribution is 2.03. The Labute approximate surface area is 97.3 Å². The van der Waals surface area contributed by atoms with Crippen LogP contribution in [0.25, 0.3) is 0 Å². The summed E-state index contributed by atoms with van der Waals surface area (Å²) in [4.78, 5) is 33.1. The van der Waals surface area contributed by atoms with Gasteiger partial charge in [-0.2, -0.15) is 4.73 Å². The van der Waals surface area contributed by atoms with Gasteiger partial charge in [0, 0.05) is 13.1 Å². The van der Waals surface area contributed by atoms with Crippen molar-refractivity contribution in [1.82, 2.24) is 10.0 Å². The third-order valence-corrected chi connectivity index (χ3v) is 1.68. The van der Waals surface area contributed by atoms with E-state index in [1.54, 1.807) is 0 Å². The molecule has 1 aromatic rings. The van der Waals surface area contributed by atoms with E-state index in [2.05, 4.69) is 0 Å². The van der Waals surface area contributed by atoms with Crippen LogP contribution >= 0.6 is 0 Å². The number of amides is 1. The molecule has 3 N–H and O–H groups in total. The fourth-order valence-electron chi connectivity index (χ4n) is 0.913. The molecule has 1 rings (SSSR count). The number of pyridine rings is 1. The average Bonchev–Trinajstić information content (AvgIpc) is 2.34. The van der Waals surface area contributed by atoms with Crippen molar-refractivity contribution in [2.24, 2.45) is 0 Å². The van der Waals surface area contributed by atoms with Crippen LogP contribution in [0.2, 0.25) is 0 Å². The Morgan fingerprint density at radius 1 is 1.35 bits per heavy atom. The molecule has 0 aliphatic carbocycles. The van der Waals surface area contributed by atoms with Gasteiger partial charge in [0.1, 0.15) is 5.69 Å². The van der Waals surface area contributed by atoms with Gasteiger partial charge in [0.2, 0.25) is 5.43 Å². The van der Waals surface area contributed by atoms with Crippen LogP contribution in [-0.4, -0.2) is 33.8 Å². The zero-order valence-electron chi connectivity index (χ0n) is 9.72. The summed E-state index contributed by atoms with van der Waals surface area (Å²) < 4.78 is 0.217. The van der Waals surface area contributed by atoms with E-state index >= 15 is 0 Å². The van der Waals surface area contributed by atoms with E-state index in [0.717, 1.165) is 0 Å². The van der Waals surface area contributed by atoms with Gasteiger partial charge < -0.3 is 15.6 Å². The third-order valence-electron chi connectivity index (χ3n) is 1.68. The van der Waals surface area contributed by atoms with Gasteiger partial charge in [-0.3, -0.25) is 14.4 Å². The molecule has 0 spiro atoms. The molecule has 0 radical (unpaired) electrons. The van der Waals surface area contributed by atoms with Gasteiger partial charge in [-0.1, -0.05) is 13.8 Å². The maximum Gasteiger partial charge on any atom is 0.293 e. The lowest BCUT2D eigenvalue weighted by atomic mass is 10.2. The second-order valence-electron chi connectivity index (χ2n) is 2.66. The average molecular weight is 242 g/mol. The standard InChI is InChI=1S/C8H8N2O5.C2H6/c1-9-8(14)7(13)4-2-5(11)6(12)3-10(4)15;1-2/h2-3,12,15H,1H3,(H,9,14);1-2H3. The van der Waals surface area contributed by atoms with Gasteiger partial charge in [-0.05, 0) is 0 Å². The van der Waals surface area contributed by atoms with Crippen molar-refractivity contribution in [3.8, 4) is 5.75 Å². The van der Waals surface area contributed by atoms with Crippen molar-refractivity contribution in [1.29, 1.82) is 0 Å². The lowest BCUT2D eigenvalue weighted by Gasteiger charge is -2.04. The Morgan fingerprint density at radius 3 is 2.35 bits per heavy atom. The van der Waals surface area contributed by atoms with Crippen LogP contribution in [-0.2, 0) is 4.79 Å². The largest absolute Gasteiger partial charge is 0.503 e. The van der Waals surface area contributed by atoms with Gasteiger partial charge in [0.25, 0.3) is 11.7 Å². The Morgan fingerprint density at radius 2 is 1.88 bits per heavy atom. The molecule has 94 valence electrons. The lowest BCUT2D eigenvalue weighted by Crippen LogP contribution is -2.30. The summed E-state index contributed by atoms with van der Waals surface area (Å²) in [5.41, 5.74) is -1.37. The number of likely N-dealkylation sites (N-methyl/N-ethyl adjacent to an activating group) is 1. The van der Waals surface area contributed by atoms with E-state index in [-0.39, 0.29) is 4.73 Å². The fraction of sp³-hybridized carbons (Fsp3) is 0.300. The summed E-state index contributed by atoms with van der Waals surface area (Å²) in [5.74, 6) is -2.76. The number of hydrogen-bond donors (Lipinski definition) is 3. The van der Waals surface area contributed by atoms with E-state index in [1.165, 1.54) is 7.05 Å². The molecular formula is C10H14N2O5. The van der Waals surface area contributed by atoms with Gasteiger partial charge in [-0.25, -0.2) is 0 Å². The minimum absolute atomic E-state index is 0.217. The number of aromatic nitrogens is 1. The fourth-order valence-corrected chi connectivity index (χ4v) is 0.913. The molecule has 0 saturated carbocycles. The molecule has 0 atom stereocenters. The Kier molecular flexibility index (Phi) is 5.45. The first-order valence-electron chi connectivity index (χ1n) is 4.88. The smallest absolute Gasteiger partial charge is 0.293 e. The number of rotatable bonds is 2. The second-order valence-corrected chi connectivity index (χ2v) is 2.66. The first-order valence-corrected chi connectivity index (χ1v) is 4.88. The van der Waals surface area contributed by atoms with Crippen molar-refractivity contribution >= 4 is 11.7 Å². The number of ketones is 1. The minimum atomic E-state index is -1.07. The van der Waals surface area contributed by atoms with Crippen molar-refractivity contribution in [2.45, 2.75) is 13.8 Å². The maximum absolute atomic E-state index is 11.2. The minimum Gasteiger partial charge on any atom is -0.503 e. The first kappa shape index (κ1) is 14.7. The first-order chi connectivity index (χ1) is 7.97. The quantitative estimate of drug-likeness (QED) is 0.376. The van der Waals surface area contributed by atoms with Crippen LogP contribution in [0.5, 0.6) is 5.75 Å². The van der Waals surface area contributed by atoms with Crippen LogP contribution in [0.1, 0.15) is 24.3 Å². The molecule has 0 aliphatic rings. The predicted molar refractivity (Wildman–Crippen MR) is 59.3 cm³/mol. The molecule has 1 aromatic heterocycles. The molecule has 0 aliphatic heterocycles. The van der Waals surface area contributed by atoms with E-state index in [0.29, 0.717) is 12.3 Å². The number of carbonyl (C=O) groups is 2. The van der Waals surface area contributed by atoms with Crippen LogP contribution in [0.15, 0.2) is 17.1 Å². The lowest BCUT2D eigenvalue weighted by molar-refractivity contribution is -0.116. The molecule has 7 nitrogen and oxygen atoms in total. The van der Waals surface area contributed by atoms with Gasteiger partial charge in [0.15, 0.2) is 5.75 Å². The van der Waals surface area contributed by atoms with Crippen molar-refractivity contribution in [2.75, 3.05) is 7.05 Å². The molecule has 17 heavy (non-hydrogen) atoms. The number of Topliss-reactive ketones (excluding diaryl/α,β-unsaturated/α-hetero) is 1. The topological polar surface area (TPSA) is 109 Å². The number of hydrogen-bond acceptors (Lipinski definition) is 5. The molecule has 1 amide bonds. The second kappa shape index (κ2) is 6.31. The summed E-state index contributed by atoms with van der Waals surface area (Å²) in [7, 11) is 1.24. The van der Waals surface area contributed by atoms with Gasteiger partial charge >= 0.3 is 0 Å². The number of aromatic hydroxyl groups is 1. The Bertz CT molecular complexity index is 478. The number of nitrogens with one attached hydrogen (secondary N) is 1. The van der Waals surface area contributed by atoms with E-state index in [1.807, 2.05) is 19.2 Å². The summed E-state index contributed by atoms with van der Waals surface area (Å²) in [5, 5.41) is 20.1. The molecule has 7 heteroatoms. The summed E-state index contributed by atoms with van der Waals surface area (Å²) >= 11 is 0. The molecule has 0 saturated heterocycles. The predicted octanol–water partition coefficient (Wildman–Crippen LogP) is -0.254. The highest BCUT2D eigenvalue weighted by atomic mass is 16.5. The van der Waals surface area contributed by atoms with E-state index in [9.17, 15) is 14.4 Å². The molecule has 1 heterocycles. The molecule has 0 aromatic carbocycles. The number of nitrogens with zero attached hydrogens (tertiary/aromatic N) is 1. The molecule has 0 fully saturated rings. The number of carbonyl (C=O) groups excluding carboxylic acids is 2. The molecular weight excluding hydrogens is 228 g/mol. The van der Waals surface area contributed by atoms with Crippen molar-refractivity contribution < 1.29 is 19.9 Å². The van der Waals surface area contributed by atoms with Crippen LogP contribution in [0.3, 0.4) is 0 Å². The van der Waals surface area contributed by atoms with Crippen molar-refractivity contribution in [3.05, 3.63) is 28.2 Å². The van der Waals surface area contributed by atoms with Gasteiger partial charge in [0.05, 0.1) is 6.20 Å². The normalized spacial score (nSPS) is 8.88. The van der Waals surface area contributed by atoms with E-state index < -0.39 is 28.6 Å². The zero-order chi connectivity index (χ0) is 13.6. The summed E-state index contributed by atoms with van der Waals surface area (Å²) in [6.45, 7) is 4.00. The zero-order valence-corrected chi connectivity index (χ0v) is 9.72. The highest BCUT2D eigenvalue weighted by Gasteiger charge is 2.19. The maximum atomic E-state index is 11.2. The summed E-state index contributed by atoms with van der Waals surface area (Å²) in [6, 6.07) is 0.674. The van der Waals surface area contributed by atoms with Gasteiger partial charge in [-0.15, -0.1) is 0 Å². The Balaban J connectivity index is 0.00000121. The third kappa shape index (κ3) is 3.33. The molecule has 0 unspecified atom stereocenters. The van der Waals surface area contributed by atoms with Crippen LogP contribution in [0.4, 0.5) is 0 Å². The van der Waals surface area contributed by atoms with Crippen molar-refractivity contribution in [3.63, 3.8) is 0 Å². The Hall–Kier alpha value is -2.31. The van der Waals surface area contributed by atoms with E-state index in [4.69, 9.17) is 10.3 Å². The monoisotopic (exact) mass is 242 g/mol. The summed E-state index contributed by atoms with van der Waals surface area (Å²) in [6.07, 6.45) is 0.637. The van der Waals surface area contributed by atoms with Crippen LogP contribution < -0.4 is 10.7 Å².